The summed E-state index contributed by atoms with van der Waals surface area (Å²) in [5, 5.41) is 0. The first-order valence-corrected chi connectivity index (χ1v) is 11.4. The van der Waals surface area contributed by atoms with Gasteiger partial charge in [-0.15, -0.1) is 0 Å². The van der Waals surface area contributed by atoms with Crippen LogP contribution in [0.3, 0.4) is 0 Å². The second-order valence-electron chi connectivity index (χ2n) is 8.23. The van der Waals surface area contributed by atoms with Crippen molar-refractivity contribution in [1.29, 1.82) is 0 Å². The van der Waals surface area contributed by atoms with Crippen molar-refractivity contribution in [1.82, 2.24) is 0 Å². The fourth-order valence-corrected chi connectivity index (χ4v) is 4.06. The molecule has 5 heteroatoms. The Hall–Kier alpha value is -2.54. The van der Waals surface area contributed by atoms with E-state index in [1.54, 1.807) is 7.11 Å². The van der Waals surface area contributed by atoms with E-state index in [0.29, 0.717) is 19.8 Å². The van der Waals surface area contributed by atoms with E-state index in [4.69, 9.17) is 23.7 Å². The van der Waals surface area contributed by atoms with Crippen molar-refractivity contribution in [3.63, 3.8) is 0 Å². The summed E-state index contributed by atoms with van der Waals surface area (Å²) in [5.41, 5.74) is 3.27. The maximum Gasteiger partial charge on any atom is 0.186 e. The highest BCUT2D eigenvalue weighted by Gasteiger charge is 2.47. The van der Waals surface area contributed by atoms with Crippen LogP contribution in [0.5, 0.6) is 0 Å². The fraction of sp³-hybridized carbons (Fsp3) is 0.357. The molecule has 1 heterocycles. The summed E-state index contributed by atoms with van der Waals surface area (Å²) in [6.45, 7) is 3.34. The van der Waals surface area contributed by atoms with Gasteiger partial charge in [-0.3, -0.25) is 0 Å². The van der Waals surface area contributed by atoms with E-state index < -0.39 is 12.4 Å². The van der Waals surface area contributed by atoms with Gasteiger partial charge in [-0.1, -0.05) is 91.0 Å². The zero-order valence-electron chi connectivity index (χ0n) is 19.2. The molecule has 1 fully saturated rings. The molecule has 0 bridgehead atoms. The van der Waals surface area contributed by atoms with Crippen LogP contribution in [0.15, 0.2) is 91.0 Å². The van der Waals surface area contributed by atoms with Crippen molar-refractivity contribution in [2.24, 2.45) is 0 Å². The summed E-state index contributed by atoms with van der Waals surface area (Å²) in [5.74, 6) is 0. The van der Waals surface area contributed by atoms with Crippen LogP contribution in [0, 0.1) is 0 Å². The van der Waals surface area contributed by atoms with E-state index in [0.717, 1.165) is 16.7 Å². The molecule has 33 heavy (non-hydrogen) atoms. The van der Waals surface area contributed by atoms with Crippen LogP contribution in [-0.2, 0) is 43.5 Å². The van der Waals surface area contributed by atoms with Gasteiger partial charge in [0.15, 0.2) is 6.29 Å². The summed E-state index contributed by atoms with van der Waals surface area (Å²) in [7, 11) is 1.63. The van der Waals surface area contributed by atoms with Crippen molar-refractivity contribution in [3.05, 3.63) is 108 Å². The Morgan fingerprint density at radius 2 is 0.970 bits per heavy atom. The van der Waals surface area contributed by atoms with Crippen molar-refractivity contribution in [2.75, 3.05) is 7.11 Å². The highest BCUT2D eigenvalue weighted by Crippen LogP contribution is 2.30. The van der Waals surface area contributed by atoms with Gasteiger partial charge in [-0.2, -0.15) is 0 Å². The number of benzene rings is 3. The number of methoxy groups -OCH3 is 1. The van der Waals surface area contributed by atoms with Crippen LogP contribution in [0.1, 0.15) is 23.6 Å². The van der Waals surface area contributed by atoms with Gasteiger partial charge >= 0.3 is 0 Å². The van der Waals surface area contributed by atoms with E-state index >= 15 is 0 Å². The topological polar surface area (TPSA) is 46.2 Å². The molecule has 0 aromatic heterocycles. The monoisotopic (exact) mass is 448 g/mol. The van der Waals surface area contributed by atoms with Crippen molar-refractivity contribution < 1.29 is 23.7 Å². The Kier molecular flexibility index (Phi) is 8.64. The molecule has 174 valence electrons. The maximum atomic E-state index is 6.46. The van der Waals surface area contributed by atoms with Crippen molar-refractivity contribution in [3.8, 4) is 0 Å². The maximum absolute atomic E-state index is 6.46. The first kappa shape index (κ1) is 23.6. The third-order valence-corrected chi connectivity index (χ3v) is 5.82. The lowest BCUT2D eigenvalue weighted by molar-refractivity contribution is -0.314. The van der Waals surface area contributed by atoms with Crippen LogP contribution < -0.4 is 0 Å². The third-order valence-electron chi connectivity index (χ3n) is 5.82. The molecule has 1 aliphatic rings. The molecule has 4 rings (SSSR count). The average Bonchev–Trinajstić information content (AvgIpc) is 2.87. The smallest absolute Gasteiger partial charge is 0.186 e. The van der Waals surface area contributed by atoms with Gasteiger partial charge in [0.05, 0.1) is 25.9 Å². The highest BCUT2D eigenvalue weighted by molar-refractivity contribution is 5.15. The number of hydrogen-bond acceptors (Lipinski definition) is 5. The molecule has 0 amide bonds. The van der Waals surface area contributed by atoms with Crippen molar-refractivity contribution in [2.45, 2.75) is 57.5 Å². The fourth-order valence-electron chi connectivity index (χ4n) is 4.06. The second-order valence-corrected chi connectivity index (χ2v) is 8.23. The minimum Gasteiger partial charge on any atom is -0.368 e. The SMILES string of the molecule is CO[C@@H]1O[C@@H](C)C(OCc2ccccc2)C(OCc2ccccc2)C1OCc1ccccc1. The van der Waals surface area contributed by atoms with Gasteiger partial charge in [0.1, 0.15) is 18.3 Å². The zero-order valence-corrected chi connectivity index (χ0v) is 19.2. The van der Waals surface area contributed by atoms with Gasteiger partial charge in [-0.25, -0.2) is 0 Å². The normalized spacial score (nSPS) is 25.1. The Bertz CT molecular complexity index is 934. The number of ether oxygens (including phenoxy) is 5. The zero-order chi connectivity index (χ0) is 22.9. The Balaban J connectivity index is 1.53. The quantitative estimate of drug-likeness (QED) is 0.430. The van der Waals surface area contributed by atoms with Crippen LogP contribution in [-0.4, -0.2) is 37.8 Å². The first-order chi connectivity index (χ1) is 16.2. The largest absolute Gasteiger partial charge is 0.368 e. The number of hydrogen-bond donors (Lipinski definition) is 0. The van der Waals surface area contributed by atoms with E-state index in [1.807, 2.05) is 73.7 Å². The Labute approximate surface area is 196 Å². The first-order valence-electron chi connectivity index (χ1n) is 11.4. The molecule has 1 aliphatic heterocycles. The lowest BCUT2D eigenvalue weighted by Gasteiger charge is -2.44. The molecular formula is C28H32O5. The molecular weight excluding hydrogens is 416 g/mol. The molecule has 0 N–H and O–H groups in total. The van der Waals surface area contributed by atoms with Crippen LogP contribution >= 0.6 is 0 Å². The van der Waals surface area contributed by atoms with E-state index in [1.165, 1.54) is 0 Å². The molecule has 0 aliphatic carbocycles. The molecule has 0 saturated carbocycles. The average molecular weight is 449 g/mol. The van der Waals surface area contributed by atoms with E-state index in [9.17, 15) is 0 Å². The summed E-state index contributed by atoms with van der Waals surface area (Å²) in [6, 6.07) is 30.3. The summed E-state index contributed by atoms with van der Waals surface area (Å²) < 4.78 is 31.0. The Morgan fingerprint density at radius 3 is 1.39 bits per heavy atom. The molecule has 3 aromatic rings. The van der Waals surface area contributed by atoms with Gasteiger partial charge in [0, 0.05) is 7.11 Å². The van der Waals surface area contributed by atoms with Gasteiger partial charge < -0.3 is 23.7 Å². The molecule has 3 unspecified atom stereocenters. The Morgan fingerprint density at radius 1 is 0.576 bits per heavy atom. The summed E-state index contributed by atoms with van der Waals surface area (Å²) >= 11 is 0. The van der Waals surface area contributed by atoms with Crippen molar-refractivity contribution >= 4 is 0 Å². The molecule has 5 nitrogen and oxygen atoms in total. The van der Waals surface area contributed by atoms with Crippen LogP contribution in [0.4, 0.5) is 0 Å². The van der Waals surface area contributed by atoms with Crippen LogP contribution in [0.2, 0.25) is 0 Å². The van der Waals surface area contributed by atoms with Gasteiger partial charge in [0.25, 0.3) is 0 Å². The van der Waals surface area contributed by atoms with Gasteiger partial charge in [-0.05, 0) is 23.6 Å². The van der Waals surface area contributed by atoms with E-state index in [-0.39, 0.29) is 18.3 Å². The standard InChI is InChI=1S/C28H32O5/c1-21-25(30-18-22-12-6-3-7-13-22)26(31-19-23-14-8-4-9-15-23)27(28(29-2)33-21)32-20-24-16-10-5-11-17-24/h3-17,21,25-28H,18-20H2,1-2H3/t21-,25?,26?,27?,28+/m0/s1. The minimum atomic E-state index is -0.555. The molecule has 0 spiro atoms. The summed E-state index contributed by atoms with van der Waals surface area (Å²) in [4.78, 5) is 0. The highest BCUT2D eigenvalue weighted by atomic mass is 16.7. The predicted octanol–water partition coefficient (Wildman–Crippen LogP) is 5.13. The molecule has 5 atom stereocenters. The van der Waals surface area contributed by atoms with Gasteiger partial charge in [0.2, 0.25) is 0 Å². The van der Waals surface area contributed by atoms with E-state index in [2.05, 4.69) is 24.3 Å². The number of rotatable bonds is 10. The lowest BCUT2D eigenvalue weighted by atomic mass is 9.98. The predicted molar refractivity (Wildman–Crippen MR) is 126 cm³/mol. The third kappa shape index (κ3) is 6.50. The summed E-state index contributed by atoms with van der Waals surface area (Å²) in [6.07, 6.45) is -1.92. The second kappa shape index (κ2) is 12.1. The molecule has 3 aromatic carbocycles. The minimum absolute atomic E-state index is 0.226. The molecule has 0 radical (unpaired) electrons. The lowest BCUT2D eigenvalue weighted by Crippen LogP contribution is -2.59. The van der Waals surface area contributed by atoms with Crippen LogP contribution in [0.25, 0.3) is 0 Å². The molecule has 1 saturated heterocycles.